The van der Waals surface area contributed by atoms with E-state index in [-0.39, 0.29) is 18.6 Å². The van der Waals surface area contributed by atoms with Crippen LogP contribution in [0.5, 0.6) is 0 Å². The van der Waals surface area contributed by atoms with Gasteiger partial charge in [-0.25, -0.2) is 4.79 Å². The molecule has 0 spiro atoms. The first kappa shape index (κ1) is 13.8. The summed E-state index contributed by atoms with van der Waals surface area (Å²) < 4.78 is 9.96. The topological polar surface area (TPSA) is 55.8 Å². The van der Waals surface area contributed by atoms with Crippen molar-refractivity contribution in [3.05, 3.63) is 0 Å². The summed E-state index contributed by atoms with van der Waals surface area (Å²) >= 11 is 0. The third-order valence-electron chi connectivity index (χ3n) is 2.37. The molecular formula is C12H21NO4. The van der Waals surface area contributed by atoms with Gasteiger partial charge in [-0.15, -0.1) is 0 Å². The van der Waals surface area contributed by atoms with Gasteiger partial charge in [-0.1, -0.05) is 13.8 Å². The van der Waals surface area contributed by atoms with E-state index in [4.69, 9.17) is 9.47 Å². The predicted octanol–water partition coefficient (Wildman–Crippen LogP) is 1.81. The highest BCUT2D eigenvalue weighted by Gasteiger charge is 2.35. The van der Waals surface area contributed by atoms with Crippen LogP contribution in [0.4, 0.5) is 4.79 Å². The standard InChI is InChI=1S/C12H21NO4/c1-4-16-11(14)7-13(10-5-6-10)12(15)17-8-9(2)3/h9-10H,4-8H2,1-3H3. The molecule has 0 N–H and O–H groups in total. The zero-order valence-electron chi connectivity index (χ0n) is 10.8. The van der Waals surface area contributed by atoms with Crippen molar-refractivity contribution in [1.29, 1.82) is 0 Å². The van der Waals surface area contributed by atoms with E-state index in [0.29, 0.717) is 19.1 Å². The van der Waals surface area contributed by atoms with Gasteiger partial charge in [-0.3, -0.25) is 9.69 Å². The average molecular weight is 243 g/mol. The smallest absolute Gasteiger partial charge is 0.410 e. The minimum absolute atomic E-state index is 0.00453. The lowest BCUT2D eigenvalue weighted by Crippen LogP contribution is -2.39. The molecule has 0 aliphatic heterocycles. The molecule has 1 aliphatic carbocycles. The van der Waals surface area contributed by atoms with Crippen LogP contribution in [0.25, 0.3) is 0 Å². The largest absolute Gasteiger partial charge is 0.465 e. The number of carbonyl (C=O) groups excluding carboxylic acids is 2. The molecule has 0 bridgehead atoms. The minimum Gasteiger partial charge on any atom is -0.465 e. The Morgan fingerprint density at radius 3 is 2.41 bits per heavy atom. The van der Waals surface area contributed by atoms with Crippen molar-refractivity contribution in [3.63, 3.8) is 0 Å². The monoisotopic (exact) mass is 243 g/mol. The number of ether oxygens (including phenoxy) is 2. The number of esters is 1. The lowest BCUT2D eigenvalue weighted by Gasteiger charge is -2.21. The lowest BCUT2D eigenvalue weighted by molar-refractivity contribution is -0.144. The maximum absolute atomic E-state index is 11.8. The Labute approximate surface area is 102 Å². The lowest BCUT2D eigenvalue weighted by atomic mass is 10.2. The molecule has 1 amide bonds. The molecule has 0 saturated heterocycles. The maximum Gasteiger partial charge on any atom is 0.410 e. The molecule has 0 aromatic heterocycles. The fourth-order valence-corrected chi connectivity index (χ4v) is 1.40. The molecule has 1 saturated carbocycles. The zero-order valence-corrected chi connectivity index (χ0v) is 10.8. The van der Waals surface area contributed by atoms with E-state index in [1.54, 1.807) is 6.92 Å². The number of hydrogen-bond donors (Lipinski definition) is 0. The molecule has 0 aromatic carbocycles. The molecule has 1 fully saturated rings. The van der Waals surface area contributed by atoms with Gasteiger partial charge in [0.05, 0.1) is 13.2 Å². The van der Waals surface area contributed by atoms with Crippen molar-refractivity contribution in [2.75, 3.05) is 19.8 Å². The van der Waals surface area contributed by atoms with E-state index in [0.717, 1.165) is 12.8 Å². The SMILES string of the molecule is CCOC(=O)CN(C(=O)OCC(C)C)C1CC1. The van der Waals surface area contributed by atoms with Crippen molar-refractivity contribution in [1.82, 2.24) is 4.90 Å². The van der Waals surface area contributed by atoms with Crippen molar-refractivity contribution in [3.8, 4) is 0 Å². The van der Waals surface area contributed by atoms with Crippen molar-refractivity contribution < 1.29 is 19.1 Å². The zero-order chi connectivity index (χ0) is 12.8. The first-order chi connectivity index (χ1) is 8.04. The van der Waals surface area contributed by atoms with E-state index in [9.17, 15) is 9.59 Å². The Bertz CT molecular complexity index is 274. The minimum atomic E-state index is -0.408. The summed E-state index contributed by atoms with van der Waals surface area (Å²) in [5.74, 6) is -0.0801. The molecule has 5 nitrogen and oxygen atoms in total. The Balaban J connectivity index is 2.42. The van der Waals surface area contributed by atoms with Crippen LogP contribution < -0.4 is 0 Å². The molecular weight excluding hydrogens is 222 g/mol. The fraction of sp³-hybridized carbons (Fsp3) is 0.833. The average Bonchev–Trinajstić information content (AvgIpc) is 3.06. The van der Waals surface area contributed by atoms with E-state index < -0.39 is 6.09 Å². The van der Waals surface area contributed by atoms with Gasteiger partial charge in [-0.05, 0) is 25.7 Å². The third kappa shape index (κ3) is 5.06. The molecule has 0 heterocycles. The number of rotatable bonds is 6. The Morgan fingerprint density at radius 2 is 1.94 bits per heavy atom. The first-order valence-corrected chi connectivity index (χ1v) is 6.13. The van der Waals surface area contributed by atoms with E-state index in [1.807, 2.05) is 13.8 Å². The van der Waals surface area contributed by atoms with Crippen LogP contribution in [0.3, 0.4) is 0 Å². The summed E-state index contributed by atoms with van der Waals surface area (Å²) in [6.07, 6.45) is 1.47. The number of carbonyl (C=O) groups is 2. The highest BCUT2D eigenvalue weighted by molar-refractivity contribution is 5.78. The molecule has 0 unspecified atom stereocenters. The van der Waals surface area contributed by atoms with Crippen molar-refractivity contribution >= 4 is 12.1 Å². The van der Waals surface area contributed by atoms with Crippen LogP contribution in [0.1, 0.15) is 33.6 Å². The van der Waals surface area contributed by atoms with E-state index >= 15 is 0 Å². The third-order valence-corrected chi connectivity index (χ3v) is 2.37. The molecule has 1 rings (SSSR count). The highest BCUT2D eigenvalue weighted by Crippen LogP contribution is 2.27. The van der Waals surface area contributed by atoms with Gasteiger partial charge >= 0.3 is 12.1 Å². The molecule has 0 atom stereocenters. The summed E-state index contributed by atoms with van der Waals surface area (Å²) in [7, 11) is 0. The van der Waals surface area contributed by atoms with Crippen LogP contribution in [-0.2, 0) is 14.3 Å². The Morgan fingerprint density at radius 1 is 1.29 bits per heavy atom. The Kier molecular flexibility index (Phi) is 5.25. The van der Waals surface area contributed by atoms with Crippen LogP contribution >= 0.6 is 0 Å². The summed E-state index contributed by atoms with van der Waals surface area (Å²) in [5.41, 5.74) is 0. The number of hydrogen-bond acceptors (Lipinski definition) is 4. The quantitative estimate of drug-likeness (QED) is 0.667. The van der Waals surface area contributed by atoms with Gasteiger partial charge in [0.25, 0.3) is 0 Å². The number of amides is 1. The molecule has 98 valence electrons. The molecule has 17 heavy (non-hydrogen) atoms. The molecule has 0 radical (unpaired) electrons. The predicted molar refractivity (Wildman–Crippen MR) is 62.5 cm³/mol. The molecule has 1 aliphatic rings. The van der Waals surface area contributed by atoms with Crippen LogP contribution in [0.15, 0.2) is 0 Å². The van der Waals surface area contributed by atoms with Gasteiger partial charge in [-0.2, -0.15) is 0 Å². The molecule has 5 heteroatoms. The van der Waals surface area contributed by atoms with Gasteiger partial charge in [0.1, 0.15) is 6.54 Å². The van der Waals surface area contributed by atoms with Crippen molar-refractivity contribution in [2.45, 2.75) is 39.7 Å². The first-order valence-electron chi connectivity index (χ1n) is 6.13. The van der Waals surface area contributed by atoms with Crippen LogP contribution in [-0.4, -0.2) is 42.8 Å². The van der Waals surface area contributed by atoms with Gasteiger partial charge in [0.15, 0.2) is 0 Å². The maximum atomic E-state index is 11.8. The summed E-state index contributed by atoms with van der Waals surface area (Å²) in [6.45, 7) is 6.40. The molecule has 0 aromatic rings. The van der Waals surface area contributed by atoms with Crippen molar-refractivity contribution in [2.24, 2.45) is 5.92 Å². The Hall–Kier alpha value is -1.26. The van der Waals surface area contributed by atoms with E-state index in [2.05, 4.69) is 0 Å². The van der Waals surface area contributed by atoms with Gasteiger partial charge < -0.3 is 9.47 Å². The summed E-state index contributed by atoms with van der Waals surface area (Å²) in [4.78, 5) is 24.6. The second kappa shape index (κ2) is 6.47. The van der Waals surface area contributed by atoms with Crippen LogP contribution in [0, 0.1) is 5.92 Å². The van der Waals surface area contributed by atoms with Crippen LogP contribution in [0.2, 0.25) is 0 Å². The van der Waals surface area contributed by atoms with E-state index in [1.165, 1.54) is 4.90 Å². The highest BCUT2D eigenvalue weighted by atomic mass is 16.6. The van der Waals surface area contributed by atoms with Gasteiger partial charge in [0.2, 0.25) is 0 Å². The normalized spacial score (nSPS) is 14.6. The number of nitrogens with zero attached hydrogens (tertiary/aromatic N) is 1. The summed E-state index contributed by atoms with van der Waals surface area (Å²) in [6, 6.07) is 0.152. The summed E-state index contributed by atoms with van der Waals surface area (Å²) in [5, 5.41) is 0. The second-order valence-corrected chi connectivity index (χ2v) is 4.63. The second-order valence-electron chi connectivity index (χ2n) is 4.63. The fourth-order valence-electron chi connectivity index (χ4n) is 1.40. The van der Waals surface area contributed by atoms with Gasteiger partial charge in [0, 0.05) is 6.04 Å².